The number of nitrogens with one attached hydrogen (secondary N) is 1. The van der Waals surface area contributed by atoms with Crippen molar-refractivity contribution in [3.63, 3.8) is 0 Å². The molecule has 0 aliphatic carbocycles. The van der Waals surface area contributed by atoms with Crippen molar-refractivity contribution < 1.29 is 0 Å². The standard InChI is InChI=1S/C15H20N2S/c1-11-5-10-15(18-11)12(2)16-13-6-8-14(9-7-13)17(3)4/h5-10,12,16H,1-4H3. The van der Waals surface area contributed by atoms with Gasteiger partial charge < -0.3 is 10.2 Å². The highest BCUT2D eigenvalue weighted by Gasteiger charge is 2.07. The fourth-order valence-electron chi connectivity index (χ4n) is 1.86. The van der Waals surface area contributed by atoms with Crippen LogP contribution in [0.3, 0.4) is 0 Å². The molecule has 0 radical (unpaired) electrons. The summed E-state index contributed by atoms with van der Waals surface area (Å²) in [5, 5.41) is 3.53. The van der Waals surface area contributed by atoms with Gasteiger partial charge in [-0.3, -0.25) is 0 Å². The number of rotatable bonds is 4. The monoisotopic (exact) mass is 260 g/mol. The van der Waals surface area contributed by atoms with Crippen molar-refractivity contribution >= 4 is 22.7 Å². The molecule has 1 N–H and O–H groups in total. The molecule has 0 aliphatic heterocycles. The van der Waals surface area contributed by atoms with Crippen molar-refractivity contribution in [3.8, 4) is 0 Å². The average molecular weight is 260 g/mol. The molecule has 18 heavy (non-hydrogen) atoms. The lowest BCUT2D eigenvalue weighted by Gasteiger charge is -2.16. The predicted molar refractivity (Wildman–Crippen MR) is 81.9 cm³/mol. The van der Waals surface area contributed by atoms with E-state index in [0.29, 0.717) is 6.04 Å². The first-order chi connectivity index (χ1) is 8.56. The van der Waals surface area contributed by atoms with Gasteiger partial charge in [0.05, 0.1) is 6.04 Å². The quantitative estimate of drug-likeness (QED) is 0.882. The molecule has 0 spiro atoms. The maximum atomic E-state index is 3.53. The lowest BCUT2D eigenvalue weighted by atomic mass is 10.2. The summed E-state index contributed by atoms with van der Waals surface area (Å²) in [6.07, 6.45) is 0. The van der Waals surface area contributed by atoms with Crippen molar-refractivity contribution in [1.82, 2.24) is 0 Å². The van der Waals surface area contributed by atoms with E-state index in [-0.39, 0.29) is 0 Å². The minimum absolute atomic E-state index is 0.355. The third-order valence-electron chi connectivity index (χ3n) is 2.95. The first-order valence-corrected chi connectivity index (χ1v) is 6.98. The van der Waals surface area contributed by atoms with Gasteiger partial charge in [0.2, 0.25) is 0 Å². The molecule has 0 fully saturated rings. The van der Waals surface area contributed by atoms with Crippen molar-refractivity contribution in [2.75, 3.05) is 24.3 Å². The Morgan fingerprint density at radius 1 is 1.06 bits per heavy atom. The molecular weight excluding hydrogens is 240 g/mol. The first-order valence-electron chi connectivity index (χ1n) is 6.16. The fraction of sp³-hybridized carbons (Fsp3) is 0.333. The lowest BCUT2D eigenvalue weighted by molar-refractivity contribution is 0.908. The molecule has 1 unspecified atom stereocenters. The van der Waals surface area contributed by atoms with Crippen LogP contribution >= 0.6 is 11.3 Å². The Balaban J connectivity index is 2.05. The van der Waals surface area contributed by atoms with Gasteiger partial charge in [-0.2, -0.15) is 0 Å². The van der Waals surface area contributed by atoms with Crippen LogP contribution in [-0.2, 0) is 0 Å². The van der Waals surface area contributed by atoms with Crippen LogP contribution in [0.25, 0.3) is 0 Å². The first kappa shape index (κ1) is 13.0. The number of hydrogen-bond donors (Lipinski definition) is 1. The fourth-order valence-corrected chi connectivity index (χ4v) is 2.74. The van der Waals surface area contributed by atoms with Gasteiger partial charge in [0.25, 0.3) is 0 Å². The second kappa shape index (κ2) is 5.44. The Kier molecular flexibility index (Phi) is 3.92. The number of nitrogens with zero attached hydrogens (tertiary/aromatic N) is 1. The number of thiophene rings is 1. The number of hydrogen-bond acceptors (Lipinski definition) is 3. The molecule has 2 nitrogen and oxygen atoms in total. The molecule has 1 aromatic carbocycles. The van der Waals surface area contributed by atoms with E-state index in [2.05, 4.69) is 74.6 Å². The van der Waals surface area contributed by atoms with Crippen LogP contribution in [0.2, 0.25) is 0 Å². The van der Waals surface area contributed by atoms with Crippen LogP contribution in [0.4, 0.5) is 11.4 Å². The van der Waals surface area contributed by atoms with E-state index >= 15 is 0 Å². The summed E-state index contributed by atoms with van der Waals surface area (Å²) in [5.74, 6) is 0. The van der Waals surface area contributed by atoms with Gasteiger partial charge in [0.15, 0.2) is 0 Å². The Labute approximate surface area is 113 Å². The zero-order chi connectivity index (χ0) is 13.1. The largest absolute Gasteiger partial charge is 0.378 e. The molecule has 2 aromatic rings. The molecule has 2 rings (SSSR count). The minimum atomic E-state index is 0.355. The maximum Gasteiger partial charge on any atom is 0.0578 e. The van der Waals surface area contributed by atoms with Gasteiger partial charge >= 0.3 is 0 Å². The molecule has 0 aliphatic rings. The number of benzene rings is 1. The Morgan fingerprint density at radius 2 is 1.72 bits per heavy atom. The Hall–Kier alpha value is -1.48. The summed E-state index contributed by atoms with van der Waals surface area (Å²) in [6.45, 7) is 4.35. The van der Waals surface area contributed by atoms with Crippen LogP contribution in [0, 0.1) is 6.92 Å². The molecule has 3 heteroatoms. The molecule has 0 saturated heterocycles. The third kappa shape index (κ3) is 3.05. The summed E-state index contributed by atoms with van der Waals surface area (Å²) in [7, 11) is 4.11. The second-order valence-electron chi connectivity index (χ2n) is 4.76. The van der Waals surface area contributed by atoms with Crippen LogP contribution < -0.4 is 10.2 Å². The zero-order valence-electron chi connectivity index (χ0n) is 11.4. The van der Waals surface area contributed by atoms with Crippen molar-refractivity contribution in [2.45, 2.75) is 19.9 Å². The molecule has 1 atom stereocenters. The van der Waals surface area contributed by atoms with E-state index < -0.39 is 0 Å². The Morgan fingerprint density at radius 3 is 2.22 bits per heavy atom. The van der Waals surface area contributed by atoms with E-state index in [1.165, 1.54) is 21.1 Å². The highest BCUT2D eigenvalue weighted by atomic mass is 32.1. The highest BCUT2D eigenvalue weighted by Crippen LogP contribution is 2.26. The van der Waals surface area contributed by atoms with E-state index in [0.717, 1.165) is 0 Å². The number of anilines is 2. The number of aryl methyl sites for hydroxylation is 1. The lowest BCUT2D eigenvalue weighted by Crippen LogP contribution is -2.09. The van der Waals surface area contributed by atoms with Crippen molar-refractivity contribution in [2.24, 2.45) is 0 Å². The van der Waals surface area contributed by atoms with Gasteiger partial charge in [-0.25, -0.2) is 0 Å². The van der Waals surface area contributed by atoms with Crippen LogP contribution in [0.15, 0.2) is 36.4 Å². The van der Waals surface area contributed by atoms with Crippen molar-refractivity contribution in [3.05, 3.63) is 46.2 Å². The van der Waals surface area contributed by atoms with Crippen molar-refractivity contribution in [1.29, 1.82) is 0 Å². The topological polar surface area (TPSA) is 15.3 Å². The van der Waals surface area contributed by atoms with Gasteiger partial charge in [0, 0.05) is 35.2 Å². The molecule has 96 valence electrons. The summed E-state index contributed by atoms with van der Waals surface area (Å²) >= 11 is 1.85. The van der Waals surface area contributed by atoms with E-state index in [1.807, 2.05) is 11.3 Å². The van der Waals surface area contributed by atoms with E-state index in [4.69, 9.17) is 0 Å². The van der Waals surface area contributed by atoms with E-state index in [1.54, 1.807) is 0 Å². The highest BCUT2D eigenvalue weighted by molar-refractivity contribution is 7.12. The van der Waals surface area contributed by atoms with Gasteiger partial charge in [-0.1, -0.05) is 0 Å². The zero-order valence-corrected chi connectivity index (χ0v) is 12.2. The predicted octanol–water partition coefficient (Wildman–Crippen LogP) is 4.30. The molecule has 1 heterocycles. The average Bonchev–Trinajstić information content (AvgIpc) is 2.76. The van der Waals surface area contributed by atoms with Crippen LogP contribution in [0.1, 0.15) is 22.7 Å². The molecule has 1 aromatic heterocycles. The second-order valence-corrected chi connectivity index (χ2v) is 6.08. The van der Waals surface area contributed by atoms with Gasteiger partial charge in [0.1, 0.15) is 0 Å². The van der Waals surface area contributed by atoms with Gasteiger partial charge in [-0.15, -0.1) is 11.3 Å². The Bertz CT molecular complexity index is 499. The smallest absolute Gasteiger partial charge is 0.0578 e. The molecular formula is C15H20N2S. The third-order valence-corrected chi connectivity index (χ3v) is 4.14. The van der Waals surface area contributed by atoms with Crippen LogP contribution in [0.5, 0.6) is 0 Å². The molecule has 0 amide bonds. The summed E-state index contributed by atoms with van der Waals surface area (Å²) in [5.41, 5.74) is 2.39. The summed E-state index contributed by atoms with van der Waals surface area (Å²) in [6, 6.07) is 13.3. The maximum absolute atomic E-state index is 3.53. The summed E-state index contributed by atoms with van der Waals surface area (Å²) < 4.78 is 0. The van der Waals surface area contributed by atoms with Crippen LogP contribution in [-0.4, -0.2) is 14.1 Å². The minimum Gasteiger partial charge on any atom is -0.378 e. The molecule has 0 bridgehead atoms. The summed E-state index contributed by atoms with van der Waals surface area (Å²) in [4.78, 5) is 4.85. The SMILES string of the molecule is Cc1ccc(C(C)Nc2ccc(N(C)C)cc2)s1. The molecule has 0 saturated carbocycles. The normalized spacial score (nSPS) is 12.2. The van der Waals surface area contributed by atoms with Gasteiger partial charge in [-0.05, 0) is 50.2 Å². The van der Waals surface area contributed by atoms with E-state index in [9.17, 15) is 0 Å².